The van der Waals surface area contributed by atoms with Crippen LogP contribution in [-0.2, 0) is 11.3 Å². The summed E-state index contributed by atoms with van der Waals surface area (Å²) in [5.41, 5.74) is 0.446. The monoisotopic (exact) mass is 324 g/mol. The highest BCUT2D eigenvalue weighted by molar-refractivity contribution is 6.31. The lowest BCUT2D eigenvalue weighted by molar-refractivity contribution is -0.128. The summed E-state index contributed by atoms with van der Waals surface area (Å²) in [4.78, 5) is 16.3. The number of nitrogens with one attached hydrogen (secondary N) is 3. The molecule has 0 fully saturated rings. The predicted octanol–water partition coefficient (Wildman–Crippen LogP) is 2.17. The zero-order chi connectivity index (χ0) is 16.6. The molecular weight excluding hydrogens is 300 g/mol. The van der Waals surface area contributed by atoms with Crippen LogP contribution in [0.2, 0.25) is 5.02 Å². The molecule has 0 aliphatic heterocycles. The van der Waals surface area contributed by atoms with E-state index in [1.165, 1.54) is 0 Å². The second kappa shape index (κ2) is 8.63. The number of carbonyl (C=O) groups is 1. The largest absolute Gasteiger partial charge is 0.359 e. The first-order chi connectivity index (χ1) is 10.4. The van der Waals surface area contributed by atoms with Crippen LogP contribution in [0, 0.1) is 5.41 Å². The van der Waals surface area contributed by atoms with Crippen molar-refractivity contribution in [3.63, 3.8) is 0 Å². The quantitative estimate of drug-likeness (QED) is 0.555. The highest BCUT2D eigenvalue weighted by atomic mass is 35.5. The summed E-state index contributed by atoms with van der Waals surface area (Å²) in [5, 5.41) is 9.74. The number of halogens is 1. The van der Waals surface area contributed by atoms with Gasteiger partial charge in [0.2, 0.25) is 5.91 Å². The normalized spacial score (nSPS) is 12.0. The van der Waals surface area contributed by atoms with Gasteiger partial charge in [-0.05, 0) is 32.4 Å². The number of rotatable bonds is 6. The number of amides is 1. The molecule has 3 N–H and O–H groups in total. The zero-order valence-electron chi connectivity index (χ0n) is 13.7. The fourth-order valence-corrected chi connectivity index (χ4v) is 2.05. The minimum Gasteiger partial charge on any atom is -0.359 e. The molecule has 1 aromatic carbocycles. The molecule has 1 rings (SSSR count). The van der Waals surface area contributed by atoms with Gasteiger partial charge in [-0.25, -0.2) is 4.99 Å². The molecule has 0 spiro atoms. The van der Waals surface area contributed by atoms with Crippen molar-refractivity contribution in [1.82, 2.24) is 16.0 Å². The molecule has 22 heavy (non-hydrogen) atoms. The topological polar surface area (TPSA) is 65.5 Å². The number of hydrogen-bond donors (Lipinski definition) is 3. The van der Waals surface area contributed by atoms with Crippen molar-refractivity contribution in [2.45, 2.75) is 27.3 Å². The van der Waals surface area contributed by atoms with Crippen LogP contribution in [0.1, 0.15) is 26.3 Å². The van der Waals surface area contributed by atoms with Crippen LogP contribution in [0.5, 0.6) is 0 Å². The van der Waals surface area contributed by atoms with E-state index in [0.29, 0.717) is 24.1 Å². The molecule has 122 valence electrons. The highest BCUT2D eigenvalue weighted by Crippen LogP contribution is 2.16. The Morgan fingerprint density at radius 2 is 1.95 bits per heavy atom. The van der Waals surface area contributed by atoms with Crippen LogP contribution in [0.15, 0.2) is 29.3 Å². The predicted molar refractivity (Wildman–Crippen MR) is 92.1 cm³/mol. The van der Waals surface area contributed by atoms with Gasteiger partial charge in [0.15, 0.2) is 5.96 Å². The average molecular weight is 325 g/mol. The van der Waals surface area contributed by atoms with Crippen molar-refractivity contribution >= 4 is 23.5 Å². The van der Waals surface area contributed by atoms with Gasteiger partial charge in [0.1, 0.15) is 0 Å². The summed E-state index contributed by atoms with van der Waals surface area (Å²) in [7, 11) is 1.64. The Balaban J connectivity index is 2.71. The summed E-state index contributed by atoms with van der Waals surface area (Å²) in [5.74, 6) is 0.654. The molecule has 0 aromatic heterocycles. The maximum atomic E-state index is 11.8. The van der Waals surface area contributed by atoms with E-state index in [1.54, 1.807) is 7.05 Å². The first kappa shape index (κ1) is 18.3. The fourth-order valence-electron chi connectivity index (χ4n) is 1.86. The van der Waals surface area contributed by atoms with Gasteiger partial charge in [0.25, 0.3) is 0 Å². The maximum absolute atomic E-state index is 11.8. The first-order valence-electron chi connectivity index (χ1n) is 7.38. The van der Waals surface area contributed by atoms with Crippen LogP contribution in [0.4, 0.5) is 0 Å². The van der Waals surface area contributed by atoms with Crippen molar-refractivity contribution in [3.05, 3.63) is 34.9 Å². The fraction of sp³-hybridized carbons (Fsp3) is 0.500. The lowest BCUT2D eigenvalue weighted by Crippen LogP contribution is -2.47. The van der Waals surface area contributed by atoms with E-state index in [0.717, 1.165) is 12.1 Å². The van der Waals surface area contributed by atoms with Crippen LogP contribution in [0.25, 0.3) is 0 Å². The van der Waals surface area contributed by atoms with Gasteiger partial charge in [-0.2, -0.15) is 0 Å². The van der Waals surface area contributed by atoms with Crippen molar-refractivity contribution in [3.8, 4) is 0 Å². The minimum absolute atomic E-state index is 0.0121. The van der Waals surface area contributed by atoms with Crippen molar-refractivity contribution in [2.75, 3.05) is 20.1 Å². The van der Waals surface area contributed by atoms with Gasteiger partial charge >= 0.3 is 0 Å². The van der Waals surface area contributed by atoms with Gasteiger partial charge < -0.3 is 16.0 Å². The van der Waals surface area contributed by atoms with E-state index >= 15 is 0 Å². The van der Waals surface area contributed by atoms with Gasteiger partial charge in [-0.15, -0.1) is 0 Å². The highest BCUT2D eigenvalue weighted by Gasteiger charge is 2.26. The Morgan fingerprint density at radius 1 is 1.27 bits per heavy atom. The van der Waals surface area contributed by atoms with Crippen molar-refractivity contribution in [2.24, 2.45) is 10.4 Å². The van der Waals surface area contributed by atoms with Gasteiger partial charge in [0, 0.05) is 25.2 Å². The van der Waals surface area contributed by atoms with E-state index in [1.807, 2.05) is 45.0 Å². The standard InChI is InChI=1S/C16H25ClN4O/c1-5-19-15(21-11-16(2,3)14(22)18-4)20-10-12-8-6-7-9-13(12)17/h6-9H,5,10-11H2,1-4H3,(H,18,22)(H2,19,20,21). The molecule has 0 aliphatic rings. The molecule has 6 heteroatoms. The molecular formula is C16H25ClN4O. The van der Waals surface area contributed by atoms with Crippen molar-refractivity contribution in [1.29, 1.82) is 0 Å². The SMILES string of the molecule is CCNC(=NCc1ccccc1Cl)NCC(C)(C)C(=O)NC. The number of guanidine groups is 1. The lowest BCUT2D eigenvalue weighted by atomic mass is 9.92. The molecule has 5 nitrogen and oxygen atoms in total. The van der Waals surface area contributed by atoms with Crippen molar-refractivity contribution < 1.29 is 4.79 Å². The number of aliphatic imine (C=N–C) groups is 1. The lowest BCUT2D eigenvalue weighted by Gasteiger charge is -2.24. The molecule has 1 aromatic rings. The molecule has 0 atom stereocenters. The summed E-state index contributed by atoms with van der Waals surface area (Å²) in [6.07, 6.45) is 0. The van der Waals surface area contributed by atoms with E-state index < -0.39 is 5.41 Å². The molecule has 0 saturated heterocycles. The third-order valence-electron chi connectivity index (χ3n) is 3.25. The number of nitrogens with zero attached hydrogens (tertiary/aromatic N) is 1. The van der Waals surface area contributed by atoms with Gasteiger partial charge in [-0.1, -0.05) is 29.8 Å². The Hall–Kier alpha value is -1.75. The van der Waals surface area contributed by atoms with E-state index in [4.69, 9.17) is 11.6 Å². The Kier molecular flexibility index (Phi) is 7.18. The Morgan fingerprint density at radius 3 is 2.55 bits per heavy atom. The van der Waals surface area contributed by atoms with Crippen LogP contribution < -0.4 is 16.0 Å². The first-order valence-corrected chi connectivity index (χ1v) is 7.76. The van der Waals surface area contributed by atoms with Crippen LogP contribution in [0.3, 0.4) is 0 Å². The summed E-state index contributed by atoms with van der Waals surface area (Å²) < 4.78 is 0. The second-order valence-electron chi connectivity index (χ2n) is 5.60. The van der Waals surface area contributed by atoms with Gasteiger partial charge in [-0.3, -0.25) is 4.79 Å². The minimum atomic E-state index is -0.519. The summed E-state index contributed by atoms with van der Waals surface area (Å²) in [6, 6.07) is 7.63. The Labute approximate surface area is 137 Å². The number of hydrogen-bond acceptors (Lipinski definition) is 2. The molecule has 0 bridgehead atoms. The third kappa shape index (κ3) is 5.56. The average Bonchev–Trinajstić information content (AvgIpc) is 2.50. The molecule has 0 aliphatic carbocycles. The van der Waals surface area contributed by atoms with E-state index in [-0.39, 0.29) is 5.91 Å². The van der Waals surface area contributed by atoms with Crippen LogP contribution >= 0.6 is 11.6 Å². The molecule has 1 amide bonds. The number of carbonyl (C=O) groups excluding carboxylic acids is 1. The summed E-state index contributed by atoms with van der Waals surface area (Å²) >= 11 is 6.13. The number of benzene rings is 1. The smallest absolute Gasteiger partial charge is 0.227 e. The van der Waals surface area contributed by atoms with E-state index in [2.05, 4.69) is 20.9 Å². The maximum Gasteiger partial charge on any atom is 0.227 e. The van der Waals surface area contributed by atoms with Crippen LogP contribution in [-0.4, -0.2) is 32.0 Å². The molecule has 0 unspecified atom stereocenters. The van der Waals surface area contributed by atoms with Gasteiger partial charge in [0.05, 0.1) is 12.0 Å². The Bertz CT molecular complexity index is 529. The summed E-state index contributed by atoms with van der Waals surface area (Å²) in [6.45, 7) is 7.48. The molecule has 0 saturated carbocycles. The third-order valence-corrected chi connectivity index (χ3v) is 3.62. The van der Waals surface area contributed by atoms with E-state index in [9.17, 15) is 4.79 Å². The second-order valence-corrected chi connectivity index (χ2v) is 6.01. The zero-order valence-corrected chi connectivity index (χ0v) is 14.4. The molecule has 0 heterocycles. The molecule has 0 radical (unpaired) electrons.